The van der Waals surface area contributed by atoms with Gasteiger partial charge < -0.3 is 9.47 Å². The summed E-state index contributed by atoms with van der Waals surface area (Å²) in [7, 11) is 0. The van der Waals surface area contributed by atoms with Crippen LogP contribution in [0.5, 0.6) is 0 Å². The standard InChI is InChI=1S/C18H24N2.C17H19N/c1-12(2)19-9-10-20-16-8-7-13(3)11-15(16)14-5-4-6-17(19)18(14)20;1-13(2)18-16-9-5-3-7-14(16)11-12-15-8-4-6-10-17(15)18/h7-8,11-12,17H,4-6,9-10H2,1-3H3;3-10,13H,11-12H2,1-2H3. The molecule has 38 heavy (non-hydrogen) atoms. The molecule has 1 unspecified atom stereocenters. The van der Waals surface area contributed by atoms with E-state index in [1.807, 2.05) is 0 Å². The summed E-state index contributed by atoms with van der Waals surface area (Å²) in [6.45, 7) is 13.8. The van der Waals surface area contributed by atoms with Crippen LogP contribution in [0.3, 0.4) is 0 Å². The Hall–Kier alpha value is -3.04. The zero-order chi connectivity index (χ0) is 26.4. The molecule has 0 spiro atoms. The summed E-state index contributed by atoms with van der Waals surface area (Å²) in [5.41, 5.74) is 11.8. The molecule has 1 atom stereocenters. The number of hydrogen-bond donors (Lipinski definition) is 0. The van der Waals surface area contributed by atoms with E-state index in [0.717, 1.165) is 19.4 Å². The van der Waals surface area contributed by atoms with Crippen molar-refractivity contribution in [3.8, 4) is 0 Å². The van der Waals surface area contributed by atoms with Gasteiger partial charge in [0.15, 0.2) is 0 Å². The number of hydrogen-bond acceptors (Lipinski definition) is 2. The van der Waals surface area contributed by atoms with Gasteiger partial charge in [0.25, 0.3) is 0 Å². The molecule has 3 aliphatic rings. The maximum atomic E-state index is 2.71. The third-order valence-corrected chi connectivity index (χ3v) is 8.92. The Morgan fingerprint density at radius 1 is 0.737 bits per heavy atom. The Morgan fingerprint density at radius 2 is 1.39 bits per heavy atom. The van der Waals surface area contributed by atoms with Crippen molar-refractivity contribution in [3.05, 3.63) is 94.7 Å². The molecule has 0 saturated heterocycles. The predicted octanol–water partition coefficient (Wildman–Crippen LogP) is 8.38. The quantitative estimate of drug-likeness (QED) is 0.271. The lowest BCUT2D eigenvalue weighted by atomic mass is 9.89. The second-order valence-corrected chi connectivity index (χ2v) is 12.0. The number of para-hydroxylation sites is 2. The van der Waals surface area contributed by atoms with Gasteiger partial charge in [0.05, 0.1) is 6.04 Å². The van der Waals surface area contributed by atoms with E-state index < -0.39 is 0 Å². The van der Waals surface area contributed by atoms with Crippen LogP contribution < -0.4 is 4.90 Å². The average Bonchev–Trinajstić information content (AvgIpc) is 3.12. The van der Waals surface area contributed by atoms with Crippen molar-refractivity contribution in [3.63, 3.8) is 0 Å². The molecule has 4 aromatic rings. The van der Waals surface area contributed by atoms with Crippen molar-refractivity contribution >= 4 is 22.3 Å². The fourth-order valence-electron chi connectivity index (χ4n) is 7.23. The van der Waals surface area contributed by atoms with Gasteiger partial charge in [0, 0.05) is 53.1 Å². The summed E-state index contributed by atoms with van der Waals surface area (Å²) >= 11 is 0. The van der Waals surface area contributed by atoms with E-state index >= 15 is 0 Å². The summed E-state index contributed by atoms with van der Waals surface area (Å²) in [5, 5.41) is 1.52. The van der Waals surface area contributed by atoms with Crippen molar-refractivity contribution in [1.29, 1.82) is 0 Å². The van der Waals surface area contributed by atoms with Crippen LogP contribution in [0, 0.1) is 6.92 Å². The highest BCUT2D eigenvalue weighted by atomic mass is 15.3. The molecule has 7 rings (SSSR count). The van der Waals surface area contributed by atoms with Gasteiger partial charge in [-0.3, -0.25) is 4.90 Å². The van der Waals surface area contributed by atoms with Gasteiger partial charge in [0.2, 0.25) is 0 Å². The number of anilines is 2. The molecule has 0 N–H and O–H groups in total. The van der Waals surface area contributed by atoms with Crippen LogP contribution in [0.1, 0.15) is 74.5 Å². The highest BCUT2D eigenvalue weighted by Gasteiger charge is 2.35. The first-order valence-electron chi connectivity index (χ1n) is 14.8. The Labute approximate surface area is 229 Å². The summed E-state index contributed by atoms with van der Waals surface area (Å²) in [6, 6.07) is 26.4. The fourth-order valence-corrected chi connectivity index (χ4v) is 7.23. The SMILES string of the molecule is CC(C)N1c2ccccc2CCc2ccccc21.Cc1ccc2c(c1)c1c3n2CCN(C(C)C)C3CCC1. The molecule has 3 heteroatoms. The summed E-state index contributed by atoms with van der Waals surface area (Å²) < 4.78 is 2.62. The van der Waals surface area contributed by atoms with E-state index in [4.69, 9.17) is 0 Å². The third-order valence-electron chi connectivity index (χ3n) is 8.92. The Morgan fingerprint density at radius 3 is 2.03 bits per heavy atom. The zero-order valence-corrected chi connectivity index (χ0v) is 23.9. The molecule has 0 amide bonds. The van der Waals surface area contributed by atoms with Crippen molar-refractivity contribution < 1.29 is 0 Å². The summed E-state index contributed by atoms with van der Waals surface area (Å²) in [6.07, 6.45) is 6.21. The van der Waals surface area contributed by atoms with E-state index in [1.54, 1.807) is 11.3 Å². The lowest BCUT2D eigenvalue weighted by molar-refractivity contribution is 0.106. The van der Waals surface area contributed by atoms with Gasteiger partial charge in [-0.15, -0.1) is 0 Å². The third kappa shape index (κ3) is 4.35. The first-order chi connectivity index (χ1) is 18.4. The molecular formula is C35H43N3. The number of rotatable bonds is 2. The molecule has 0 radical (unpaired) electrons. The molecule has 3 aromatic carbocycles. The Kier molecular flexibility index (Phi) is 6.82. The van der Waals surface area contributed by atoms with Gasteiger partial charge in [-0.05, 0) is 108 Å². The van der Waals surface area contributed by atoms with Gasteiger partial charge in [-0.2, -0.15) is 0 Å². The van der Waals surface area contributed by atoms with Crippen LogP contribution in [-0.2, 0) is 25.8 Å². The van der Waals surface area contributed by atoms with Crippen molar-refractivity contribution in [2.24, 2.45) is 0 Å². The molecule has 3 nitrogen and oxygen atoms in total. The minimum Gasteiger partial charge on any atom is -0.342 e. The number of aryl methyl sites for hydroxylation is 4. The van der Waals surface area contributed by atoms with Gasteiger partial charge in [0.1, 0.15) is 0 Å². The molecule has 1 aromatic heterocycles. The van der Waals surface area contributed by atoms with Gasteiger partial charge in [-0.1, -0.05) is 48.0 Å². The normalized spacial score (nSPS) is 18.5. The largest absolute Gasteiger partial charge is 0.342 e. The lowest BCUT2D eigenvalue weighted by Crippen LogP contribution is -2.43. The number of nitrogens with zero attached hydrogens (tertiary/aromatic N) is 3. The minimum atomic E-state index is 0.477. The van der Waals surface area contributed by atoms with Crippen LogP contribution in [-0.4, -0.2) is 28.1 Å². The monoisotopic (exact) mass is 505 g/mol. The van der Waals surface area contributed by atoms with Gasteiger partial charge in [-0.25, -0.2) is 0 Å². The molecule has 3 heterocycles. The van der Waals surface area contributed by atoms with Gasteiger partial charge >= 0.3 is 0 Å². The van der Waals surface area contributed by atoms with E-state index in [1.165, 1.54) is 64.8 Å². The van der Waals surface area contributed by atoms with Crippen LogP contribution in [0.4, 0.5) is 11.4 Å². The molecule has 0 fully saturated rings. The number of fused-ring (bicyclic) bond motifs is 5. The highest BCUT2D eigenvalue weighted by Crippen LogP contribution is 2.43. The second kappa shape index (κ2) is 10.3. The molecule has 0 saturated carbocycles. The van der Waals surface area contributed by atoms with E-state index in [2.05, 4.69) is 116 Å². The van der Waals surface area contributed by atoms with E-state index in [-0.39, 0.29) is 0 Å². The van der Waals surface area contributed by atoms with Crippen molar-refractivity contribution in [1.82, 2.24) is 9.47 Å². The molecule has 0 bridgehead atoms. The maximum Gasteiger partial charge on any atom is 0.0507 e. The van der Waals surface area contributed by atoms with Crippen LogP contribution in [0.25, 0.3) is 10.9 Å². The number of aromatic nitrogens is 1. The summed E-state index contributed by atoms with van der Waals surface area (Å²) in [4.78, 5) is 5.18. The topological polar surface area (TPSA) is 11.4 Å². The van der Waals surface area contributed by atoms with Crippen molar-refractivity contribution in [2.45, 2.75) is 91.4 Å². The zero-order valence-electron chi connectivity index (χ0n) is 23.9. The predicted molar refractivity (Wildman–Crippen MR) is 162 cm³/mol. The van der Waals surface area contributed by atoms with Crippen LogP contribution in [0.2, 0.25) is 0 Å². The average molecular weight is 506 g/mol. The Bertz CT molecular complexity index is 1400. The minimum absolute atomic E-state index is 0.477. The Balaban J connectivity index is 0.000000140. The number of benzene rings is 3. The second-order valence-electron chi connectivity index (χ2n) is 12.0. The van der Waals surface area contributed by atoms with E-state index in [9.17, 15) is 0 Å². The smallest absolute Gasteiger partial charge is 0.0507 e. The lowest BCUT2D eigenvalue weighted by Gasteiger charge is -2.42. The van der Waals surface area contributed by atoms with E-state index in [0.29, 0.717) is 18.1 Å². The highest BCUT2D eigenvalue weighted by molar-refractivity contribution is 5.87. The summed E-state index contributed by atoms with van der Waals surface area (Å²) in [5.74, 6) is 0. The molecule has 1 aliphatic carbocycles. The first kappa shape index (κ1) is 25.2. The molecule has 2 aliphatic heterocycles. The maximum absolute atomic E-state index is 2.71. The fraction of sp³-hybridized carbons (Fsp3) is 0.429. The molecule has 198 valence electrons. The van der Waals surface area contributed by atoms with Crippen LogP contribution >= 0.6 is 0 Å². The molecular weight excluding hydrogens is 462 g/mol. The van der Waals surface area contributed by atoms with Crippen molar-refractivity contribution in [2.75, 3.05) is 11.4 Å². The first-order valence-corrected chi connectivity index (χ1v) is 14.8. The van der Waals surface area contributed by atoms with Crippen LogP contribution in [0.15, 0.2) is 66.7 Å².